The summed E-state index contributed by atoms with van der Waals surface area (Å²) < 4.78 is 7.02. The topological polar surface area (TPSA) is 76.5 Å². The van der Waals surface area contributed by atoms with Gasteiger partial charge in [0, 0.05) is 25.8 Å². The molecule has 1 amide bonds. The Hall–Kier alpha value is -2.83. The van der Waals surface area contributed by atoms with Crippen LogP contribution in [0.5, 0.6) is 0 Å². The fraction of sp³-hybridized carbons (Fsp3) is 0.421. The zero-order valence-electron chi connectivity index (χ0n) is 15.9. The number of amides is 1. The molecule has 0 saturated heterocycles. The van der Waals surface area contributed by atoms with Gasteiger partial charge in [-0.2, -0.15) is 5.10 Å². The van der Waals surface area contributed by atoms with E-state index in [0.717, 1.165) is 12.1 Å². The monoisotopic (exact) mass is 358 g/mol. The number of esters is 1. The Balaban J connectivity index is 1.98. The van der Waals surface area contributed by atoms with Crippen LogP contribution < -0.4 is 10.2 Å². The molecule has 140 valence electrons. The van der Waals surface area contributed by atoms with E-state index in [9.17, 15) is 9.59 Å². The van der Waals surface area contributed by atoms with Crippen LogP contribution in [0.4, 0.5) is 11.5 Å². The molecule has 1 heterocycles. The van der Waals surface area contributed by atoms with Crippen molar-refractivity contribution in [3.8, 4) is 0 Å². The molecule has 0 radical (unpaired) electrons. The standard InChI is InChI=1S/C19H26N4O3/c1-6-13(2)23-17(11-12-20-23)21-18(24)14(3)26-19(25)15-7-9-16(10-8-15)22(4)5/h7-14H,6H2,1-5H3,(H,21,24)/t13-,14+/m1/s1. The van der Waals surface area contributed by atoms with Gasteiger partial charge in [-0.15, -0.1) is 0 Å². The first kappa shape index (κ1) is 19.5. The SMILES string of the molecule is CC[C@@H](C)n1nccc1NC(=O)[C@H](C)OC(=O)c1ccc(N(C)C)cc1. The molecule has 2 atom stereocenters. The van der Waals surface area contributed by atoms with Crippen molar-refractivity contribution in [2.24, 2.45) is 0 Å². The van der Waals surface area contributed by atoms with Crippen molar-refractivity contribution < 1.29 is 14.3 Å². The molecule has 1 aromatic heterocycles. The van der Waals surface area contributed by atoms with Gasteiger partial charge in [0.05, 0.1) is 17.8 Å². The van der Waals surface area contributed by atoms with E-state index in [0.29, 0.717) is 11.4 Å². The number of ether oxygens (including phenoxy) is 1. The number of anilines is 2. The van der Waals surface area contributed by atoms with Gasteiger partial charge in [-0.1, -0.05) is 6.92 Å². The third-order valence-corrected chi connectivity index (χ3v) is 4.20. The molecule has 7 nitrogen and oxygen atoms in total. The lowest BCUT2D eigenvalue weighted by Gasteiger charge is -2.17. The van der Waals surface area contributed by atoms with Crippen molar-refractivity contribution in [2.45, 2.75) is 39.3 Å². The number of rotatable bonds is 7. The molecule has 0 fully saturated rings. The summed E-state index contributed by atoms with van der Waals surface area (Å²) in [5, 5.41) is 6.98. The number of benzene rings is 1. The third-order valence-electron chi connectivity index (χ3n) is 4.20. The van der Waals surface area contributed by atoms with Gasteiger partial charge in [0.1, 0.15) is 5.82 Å². The summed E-state index contributed by atoms with van der Waals surface area (Å²) in [5.41, 5.74) is 1.38. The Bertz CT molecular complexity index is 752. The van der Waals surface area contributed by atoms with Crippen LogP contribution in [0.15, 0.2) is 36.5 Å². The van der Waals surface area contributed by atoms with Crippen LogP contribution in [0.2, 0.25) is 0 Å². The van der Waals surface area contributed by atoms with Crippen molar-refractivity contribution in [1.29, 1.82) is 0 Å². The van der Waals surface area contributed by atoms with Crippen LogP contribution in [0.25, 0.3) is 0 Å². The van der Waals surface area contributed by atoms with E-state index in [2.05, 4.69) is 10.4 Å². The van der Waals surface area contributed by atoms with Crippen LogP contribution in [0.3, 0.4) is 0 Å². The highest BCUT2D eigenvalue weighted by Crippen LogP contribution is 2.17. The van der Waals surface area contributed by atoms with Gasteiger partial charge >= 0.3 is 5.97 Å². The quantitative estimate of drug-likeness (QED) is 0.770. The maximum absolute atomic E-state index is 12.3. The maximum Gasteiger partial charge on any atom is 0.338 e. The molecule has 0 bridgehead atoms. The second kappa shape index (κ2) is 8.51. The molecular weight excluding hydrogens is 332 g/mol. The highest BCUT2D eigenvalue weighted by Gasteiger charge is 2.21. The molecule has 1 N–H and O–H groups in total. The molecular formula is C19H26N4O3. The summed E-state index contributed by atoms with van der Waals surface area (Å²) in [4.78, 5) is 26.5. The van der Waals surface area contributed by atoms with Gasteiger partial charge < -0.3 is 15.0 Å². The number of hydrogen-bond acceptors (Lipinski definition) is 5. The van der Waals surface area contributed by atoms with E-state index < -0.39 is 18.0 Å². The Kier molecular flexibility index (Phi) is 6.38. The van der Waals surface area contributed by atoms with Crippen LogP contribution in [0, 0.1) is 0 Å². The summed E-state index contributed by atoms with van der Waals surface area (Å²) in [5.74, 6) is -0.343. The third kappa shape index (κ3) is 4.62. The minimum Gasteiger partial charge on any atom is -0.449 e. The maximum atomic E-state index is 12.3. The molecule has 0 unspecified atom stereocenters. The van der Waals surface area contributed by atoms with Gasteiger partial charge in [0.15, 0.2) is 6.10 Å². The van der Waals surface area contributed by atoms with Crippen molar-refractivity contribution in [3.63, 3.8) is 0 Å². The smallest absolute Gasteiger partial charge is 0.338 e. The second-order valence-corrected chi connectivity index (χ2v) is 6.40. The van der Waals surface area contributed by atoms with Crippen molar-refractivity contribution in [3.05, 3.63) is 42.1 Å². The average Bonchev–Trinajstić information content (AvgIpc) is 3.09. The van der Waals surface area contributed by atoms with Gasteiger partial charge in [0.25, 0.3) is 5.91 Å². The van der Waals surface area contributed by atoms with Gasteiger partial charge in [-0.05, 0) is 44.5 Å². The molecule has 0 aliphatic heterocycles. The van der Waals surface area contributed by atoms with E-state index in [1.54, 1.807) is 36.0 Å². The summed E-state index contributed by atoms with van der Waals surface area (Å²) in [6, 6.07) is 8.89. The molecule has 7 heteroatoms. The number of hydrogen-bond donors (Lipinski definition) is 1. The number of carbonyl (C=O) groups is 2. The lowest BCUT2D eigenvalue weighted by molar-refractivity contribution is -0.123. The highest BCUT2D eigenvalue weighted by atomic mass is 16.5. The largest absolute Gasteiger partial charge is 0.449 e. The minimum absolute atomic E-state index is 0.161. The highest BCUT2D eigenvalue weighted by molar-refractivity contribution is 5.97. The van der Waals surface area contributed by atoms with Crippen LogP contribution in [-0.4, -0.2) is 41.9 Å². The fourth-order valence-corrected chi connectivity index (χ4v) is 2.34. The summed E-state index contributed by atoms with van der Waals surface area (Å²) >= 11 is 0. The van der Waals surface area contributed by atoms with E-state index >= 15 is 0 Å². The van der Waals surface area contributed by atoms with Crippen molar-refractivity contribution in [1.82, 2.24) is 9.78 Å². The molecule has 0 spiro atoms. The van der Waals surface area contributed by atoms with Gasteiger partial charge in [-0.3, -0.25) is 4.79 Å². The first-order chi connectivity index (χ1) is 12.3. The van der Waals surface area contributed by atoms with E-state index in [4.69, 9.17) is 4.74 Å². The van der Waals surface area contributed by atoms with Gasteiger partial charge in [0.2, 0.25) is 0 Å². The first-order valence-electron chi connectivity index (χ1n) is 8.66. The Labute approximate surface area is 153 Å². The number of carbonyl (C=O) groups excluding carboxylic acids is 2. The Morgan fingerprint density at radius 3 is 2.42 bits per heavy atom. The van der Waals surface area contributed by atoms with Crippen molar-refractivity contribution in [2.75, 3.05) is 24.3 Å². The number of aromatic nitrogens is 2. The lowest BCUT2D eigenvalue weighted by Crippen LogP contribution is -2.31. The average molecular weight is 358 g/mol. The minimum atomic E-state index is -0.920. The molecule has 0 aliphatic rings. The molecule has 26 heavy (non-hydrogen) atoms. The predicted molar refractivity (Wildman–Crippen MR) is 102 cm³/mol. The summed E-state index contributed by atoms with van der Waals surface area (Å²) in [7, 11) is 3.84. The molecule has 2 aromatic rings. The lowest BCUT2D eigenvalue weighted by atomic mass is 10.2. The predicted octanol–water partition coefficient (Wildman–Crippen LogP) is 3.10. The number of nitrogens with one attached hydrogen (secondary N) is 1. The molecule has 2 rings (SSSR count). The zero-order valence-corrected chi connectivity index (χ0v) is 15.9. The fourth-order valence-electron chi connectivity index (χ4n) is 2.34. The van der Waals surface area contributed by atoms with Crippen LogP contribution >= 0.6 is 0 Å². The van der Waals surface area contributed by atoms with E-state index in [1.165, 1.54) is 0 Å². The number of nitrogens with zero attached hydrogens (tertiary/aromatic N) is 3. The molecule has 0 aliphatic carbocycles. The van der Waals surface area contributed by atoms with Crippen LogP contribution in [-0.2, 0) is 9.53 Å². The molecule has 0 saturated carbocycles. The summed E-state index contributed by atoms with van der Waals surface area (Å²) in [6.07, 6.45) is 1.60. The first-order valence-corrected chi connectivity index (χ1v) is 8.66. The Morgan fingerprint density at radius 1 is 1.19 bits per heavy atom. The van der Waals surface area contributed by atoms with Crippen molar-refractivity contribution >= 4 is 23.4 Å². The summed E-state index contributed by atoms with van der Waals surface area (Å²) in [6.45, 7) is 5.61. The van der Waals surface area contributed by atoms with Crippen LogP contribution in [0.1, 0.15) is 43.6 Å². The zero-order chi connectivity index (χ0) is 19.3. The molecule has 1 aromatic carbocycles. The second-order valence-electron chi connectivity index (χ2n) is 6.40. The normalized spacial score (nSPS) is 13.0. The van der Waals surface area contributed by atoms with Gasteiger partial charge in [-0.25, -0.2) is 9.48 Å². The van der Waals surface area contributed by atoms with E-state index in [1.807, 2.05) is 45.0 Å². The Morgan fingerprint density at radius 2 is 1.85 bits per heavy atom. The van der Waals surface area contributed by atoms with E-state index in [-0.39, 0.29) is 6.04 Å².